The zero-order chi connectivity index (χ0) is 13.8. The Bertz CT molecular complexity index is 476. The summed E-state index contributed by atoms with van der Waals surface area (Å²) in [4.78, 5) is 2.30. The second kappa shape index (κ2) is 6.03. The number of benzene rings is 1. The molecule has 1 aliphatic rings. The molecule has 1 saturated heterocycles. The third-order valence-electron chi connectivity index (χ3n) is 3.80. The van der Waals surface area contributed by atoms with Crippen LogP contribution in [0.15, 0.2) is 18.2 Å². The minimum atomic E-state index is -0.459. The third kappa shape index (κ3) is 3.45. The molecule has 1 aromatic carbocycles. The van der Waals surface area contributed by atoms with Crippen LogP contribution in [-0.2, 0) is 0 Å². The van der Waals surface area contributed by atoms with E-state index in [1.807, 2.05) is 13.0 Å². The standard InChI is InChI=1S/C15H19FN2O/c1-11(13-5-7-18(2)8-6-13)19-15-4-3-12(10-17)9-14(15)16/h3-4,9,11,13H,5-8H2,1-2H3. The van der Waals surface area contributed by atoms with Crippen molar-refractivity contribution in [2.24, 2.45) is 5.92 Å². The molecule has 2 rings (SSSR count). The summed E-state index contributed by atoms with van der Waals surface area (Å²) >= 11 is 0. The van der Waals surface area contributed by atoms with E-state index >= 15 is 0 Å². The molecule has 1 atom stereocenters. The molecule has 1 unspecified atom stereocenters. The Hall–Kier alpha value is -1.60. The average molecular weight is 262 g/mol. The second-order valence-electron chi connectivity index (χ2n) is 5.22. The van der Waals surface area contributed by atoms with E-state index in [0.717, 1.165) is 25.9 Å². The van der Waals surface area contributed by atoms with Crippen LogP contribution < -0.4 is 4.74 Å². The smallest absolute Gasteiger partial charge is 0.166 e. The monoisotopic (exact) mass is 262 g/mol. The van der Waals surface area contributed by atoms with E-state index in [1.54, 1.807) is 12.1 Å². The highest BCUT2D eigenvalue weighted by Crippen LogP contribution is 2.26. The van der Waals surface area contributed by atoms with Crippen molar-refractivity contribution in [1.82, 2.24) is 4.90 Å². The van der Waals surface area contributed by atoms with E-state index in [2.05, 4.69) is 11.9 Å². The van der Waals surface area contributed by atoms with Gasteiger partial charge in [0.15, 0.2) is 11.6 Å². The first-order valence-corrected chi connectivity index (χ1v) is 6.65. The van der Waals surface area contributed by atoms with E-state index in [0.29, 0.717) is 11.5 Å². The average Bonchev–Trinajstić information content (AvgIpc) is 2.41. The van der Waals surface area contributed by atoms with Gasteiger partial charge in [0, 0.05) is 0 Å². The first kappa shape index (κ1) is 13.8. The molecular weight excluding hydrogens is 243 g/mol. The van der Waals surface area contributed by atoms with Crippen molar-refractivity contribution in [2.45, 2.75) is 25.9 Å². The maximum absolute atomic E-state index is 13.7. The highest BCUT2D eigenvalue weighted by atomic mass is 19.1. The highest BCUT2D eigenvalue weighted by molar-refractivity contribution is 5.36. The van der Waals surface area contributed by atoms with Gasteiger partial charge in [0.25, 0.3) is 0 Å². The lowest BCUT2D eigenvalue weighted by atomic mass is 9.92. The number of piperidine rings is 1. The molecule has 1 aliphatic heterocycles. The maximum atomic E-state index is 13.7. The molecule has 4 heteroatoms. The van der Waals surface area contributed by atoms with E-state index in [4.69, 9.17) is 10.00 Å². The van der Waals surface area contributed by atoms with Crippen LogP contribution in [0.2, 0.25) is 0 Å². The lowest BCUT2D eigenvalue weighted by Crippen LogP contribution is -2.36. The minimum absolute atomic E-state index is 0.00358. The Balaban J connectivity index is 1.99. The van der Waals surface area contributed by atoms with Crippen molar-refractivity contribution < 1.29 is 9.13 Å². The van der Waals surface area contributed by atoms with Crippen LogP contribution >= 0.6 is 0 Å². The van der Waals surface area contributed by atoms with Crippen molar-refractivity contribution in [3.8, 4) is 11.8 Å². The van der Waals surface area contributed by atoms with Crippen molar-refractivity contribution in [1.29, 1.82) is 5.26 Å². The highest BCUT2D eigenvalue weighted by Gasteiger charge is 2.24. The fourth-order valence-corrected chi connectivity index (χ4v) is 2.46. The predicted octanol–water partition coefficient (Wildman–Crippen LogP) is 2.81. The maximum Gasteiger partial charge on any atom is 0.166 e. The molecular formula is C15H19FN2O. The summed E-state index contributed by atoms with van der Waals surface area (Å²) in [5, 5.41) is 8.70. The first-order chi connectivity index (χ1) is 9.10. The molecule has 1 aromatic rings. The molecule has 1 fully saturated rings. The Morgan fingerprint density at radius 1 is 1.42 bits per heavy atom. The summed E-state index contributed by atoms with van der Waals surface area (Å²) in [5.74, 6) is 0.246. The Morgan fingerprint density at radius 3 is 2.68 bits per heavy atom. The lowest BCUT2D eigenvalue weighted by molar-refractivity contribution is 0.0944. The van der Waals surface area contributed by atoms with Crippen LogP contribution in [0.4, 0.5) is 4.39 Å². The zero-order valence-corrected chi connectivity index (χ0v) is 11.4. The van der Waals surface area contributed by atoms with Crippen LogP contribution in [0.5, 0.6) is 5.75 Å². The first-order valence-electron chi connectivity index (χ1n) is 6.65. The van der Waals surface area contributed by atoms with Crippen LogP contribution in [0.1, 0.15) is 25.3 Å². The number of hydrogen-bond acceptors (Lipinski definition) is 3. The Kier molecular flexibility index (Phi) is 4.39. The fraction of sp³-hybridized carbons (Fsp3) is 0.533. The molecule has 102 valence electrons. The molecule has 0 radical (unpaired) electrons. The topological polar surface area (TPSA) is 36.3 Å². The van der Waals surface area contributed by atoms with Crippen LogP contribution in [0, 0.1) is 23.1 Å². The zero-order valence-electron chi connectivity index (χ0n) is 11.4. The summed E-state index contributed by atoms with van der Waals surface area (Å²) < 4.78 is 19.5. The summed E-state index contributed by atoms with van der Waals surface area (Å²) in [7, 11) is 2.11. The molecule has 0 bridgehead atoms. The fourth-order valence-electron chi connectivity index (χ4n) is 2.46. The van der Waals surface area contributed by atoms with Crippen LogP contribution in [0.25, 0.3) is 0 Å². The van der Waals surface area contributed by atoms with Gasteiger partial charge in [-0.3, -0.25) is 0 Å². The number of nitrogens with zero attached hydrogens (tertiary/aromatic N) is 2. The lowest BCUT2D eigenvalue weighted by Gasteiger charge is -2.32. The summed E-state index contributed by atoms with van der Waals surface area (Å²) in [6.45, 7) is 4.12. The quantitative estimate of drug-likeness (QED) is 0.840. The molecule has 0 amide bonds. The van der Waals surface area contributed by atoms with Gasteiger partial charge in [-0.2, -0.15) is 5.26 Å². The summed E-state index contributed by atoms with van der Waals surface area (Å²) in [6.07, 6.45) is 2.15. The van der Waals surface area contributed by atoms with Gasteiger partial charge in [-0.25, -0.2) is 4.39 Å². The van der Waals surface area contributed by atoms with Gasteiger partial charge in [-0.1, -0.05) is 0 Å². The largest absolute Gasteiger partial charge is 0.487 e. The number of ether oxygens (including phenoxy) is 1. The number of hydrogen-bond donors (Lipinski definition) is 0. The van der Waals surface area contributed by atoms with Gasteiger partial charge < -0.3 is 9.64 Å². The molecule has 0 spiro atoms. The SMILES string of the molecule is CC(Oc1ccc(C#N)cc1F)C1CCN(C)CC1. The van der Waals surface area contributed by atoms with Crippen LogP contribution in [0.3, 0.4) is 0 Å². The Morgan fingerprint density at radius 2 is 2.11 bits per heavy atom. The number of halogens is 1. The van der Waals surface area contributed by atoms with Crippen molar-refractivity contribution in [3.63, 3.8) is 0 Å². The van der Waals surface area contributed by atoms with E-state index in [-0.39, 0.29) is 11.9 Å². The molecule has 19 heavy (non-hydrogen) atoms. The molecule has 0 N–H and O–H groups in total. The molecule has 0 aliphatic carbocycles. The molecule has 3 nitrogen and oxygen atoms in total. The van der Waals surface area contributed by atoms with Crippen molar-refractivity contribution in [3.05, 3.63) is 29.6 Å². The van der Waals surface area contributed by atoms with Gasteiger partial charge in [-0.15, -0.1) is 0 Å². The van der Waals surface area contributed by atoms with Gasteiger partial charge in [-0.05, 0) is 64.0 Å². The van der Waals surface area contributed by atoms with Gasteiger partial charge in [0.05, 0.1) is 17.7 Å². The Labute approximate surface area is 113 Å². The van der Waals surface area contributed by atoms with Crippen LogP contribution in [-0.4, -0.2) is 31.1 Å². The normalized spacial score (nSPS) is 18.8. The third-order valence-corrected chi connectivity index (χ3v) is 3.80. The molecule has 0 saturated carbocycles. The van der Waals surface area contributed by atoms with Gasteiger partial charge in [0.1, 0.15) is 0 Å². The minimum Gasteiger partial charge on any atom is -0.487 e. The molecule has 0 aromatic heterocycles. The number of nitriles is 1. The second-order valence-corrected chi connectivity index (χ2v) is 5.22. The van der Waals surface area contributed by atoms with E-state index in [1.165, 1.54) is 6.07 Å². The number of rotatable bonds is 3. The van der Waals surface area contributed by atoms with Gasteiger partial charge in [0.2, 0.25) is 0 Å². The van der Waals surface area contributed by atoms with E-state index in [9.17, 15) is 4.39 Å². The summed E-state index contributed by atoms with van der Waals surface area (Å²) in [6, 6.07) is 6.26. The number of likely N-dealkylation sites (tertiary alicyclic amines) is 1. The molecule has 1 heterocycles. The van der Waals surface area contributed by atoms with Crippen molar-refractivity contribution >= 4 is 0 Å². The van der Waals surface area contributed by atoms with Gasteiger partial charge >= 0.3 is 0 Å². The predicted molar refractivity (Wildman–Crippen MR) is 71.4 cm³/mol. The van der Waals surface area contributed by atoms with Crippen molar-refractivity contribution in [2.75, 3.05) is 20.1 Å². The summed E-state index contributed by atoms with van der Waals surface area (Å²) in [5.41, 5.74) is 0.316. The van der Waals surface area contributed by atoms with E-state index < -0.39 is 5.82 Å².